The van der Waals surface area contributed by atoms with E-state index in [1.807, 2.05) is 0 Å². The van der Waals surface area contributed by atoms with Crippen molar-refractivity contribution < 1.29 is 30.9 Å². The van der Waals surface area contributed by atoms with Crippen LogP contribution in [-0.2, 0) is 20.2 Å². The Morgan fingerprint density at radius 2 is 1.56 bits per heavy atom. The summed E-state index contributed by atoms with van der Waals surface area (Å²) in [5.41, 5.74) is 2.39. The third-order valence-corrected chi connectivity index (χ3v) is 7.81. The van der Waals surface area contributed by atoms with Crippen molar-refractivity contribution in [2.45, 2.75) is 16.7 Å². The molecule has 12 nitrogen and oxygen atoms in total. The Bertz CT molecular complexity index is 2070. The smallest absolute Gasteiger partial charge is 0.282 e. The number of nitrogens with zero attached hydrogens (tertiary/aromatic N) is 4. The van der Waals surface area contributed by atoms with Crippen molar-refractivity contribution in [2.75, 3.05) is 0 Å². The van der Waals surface area contributed by atoms with Crippen molar-refractivity contribution in [1.82, 2.24) is 15.0 Å². The minimum Gasteiger partial charge on any atom is -0.282 e. The average molecular weight is 567 g/mol. The Balaban J connectivity index is 1.57. The Morgan fingerprint density at radius 3 is 2.23 bits per heavy atom. The molecular weight excluding hydrogens is 548 g/mol. The van der Waals surface area contributed by atoms with E-state index in [0.29, 0.717) is 32.9 Å². The van der Waals surface area contributed by atoms with Gasteiger partial charge in [-0.25, -0.2) is 0 Å². The zero-order valence-corrected chi connectivity index (χ0v) is 21.6. The van der Waals surface area contributed by atoms with Crippen molar-refractivity contribution in [3.05, 3.63) is 93.5 Å². The Morgan fingerprint density at radius 1 is 0.846 bits per heavy atom. The van der Waals surface area contributed by atoms with E-state index < -0.39 is 30.1 Å². The molecule has 0 amide bonds. The number of nitro groups is 1. The van der Waals surface area contributed by atoms with Gasteiger partial charge in [0, 0.05) is 17.5 Å². The SMILES string of the molecule is Cc1cc([N+](=O)[O-])ccc1/C=C/c1ccc(-n2nc3ccc4cc(S(=O)(=O)O)ccc4c3n2)cc1S(=O)(=O)O. The largest absolute Gasteiger partial charge is 0.295 e. The molecule has 0 fully saturated rings. The zero-order valence-electron chi connectivity index (χ0n) is 20.0. The van der Waals surface area contributed by atoms with Crippen LogP contribution in [0.5, 0.6) is 0 Å². The molecule has 39 heavy (non-hydrogen) atoms. The quantitative estimate of drug-likeness (QED) is 0.129. The maximum atomic E-state index is 12.2. The van der Waals surface area contributed by atoms with Crippen LogP contribution < -0.4 is 0 Å². The molecule has 1 aromatic heterocycles. The maximum absolute atomic E-state index is 12.2. The van der Waals surface area contributed by atoms with Gasteiger partial charge in [-0.15, -0.1) is 10.2 Å². The first-order chi connectivity index (χ1) is 18.3. The van der Waals surface area contributed by atoms with Crippen LogP contribution in [0, 0.1) is 17.0 Å². The van der Waals surface area contributed by atoms with E-state index in [9.17, 15) is 36.1 Å². The third-order valence-electron chi connectivity index (χ3n) is 6.05. The zero-order chi connectivity index (χ0) is 28.1. The van der Waals surface area contributed by atoms with E-state index >= 15 is 0 Å². The molecule has 0 bridgehead atoms. The Labute approximate surface area is 221 Å². The predicted molar refractivity (Wildman–Crippen MR) is 143 cm³/mol. The van der Waals surface area contributed by atoms with E-state index in [4.69, 9.17) is 0 Å². The van der Waals surface area contributed by atoms with Gasteiger partial charge in [0.15, 0.2) is 0 Å². The fourth-order valence-corrected chi connectivity index (χ4v) is 5.33. The summed E-state index contributed by atoms with van der Waals surface area (Å²) < 4.78 is 66.6. The summed E-state index contributed by atoms with van der Waals surface area (Å²) in [5, 5.41) is 20.8. The van der Waals surface area contributed by atoms with Gasteiger partial charge in [0.05, 0.1) is 15.5 Å². The molecule has 0 aliphatic carbocycles. The molecule has 0 spiro atoms. The number of nitro benzene ring substituents is 1. The summed E-state index contributed by atoms with van der Waals surface area (Å²) in [5.74, 6) is 0. The van der Waals surface area contributed by atoms with Gasteiger partial charge in [-0.05, 0) is 65.4 Å². The fourth-order valence-electron chi connectivity index (χ4n) is 4.11. The molecular formula is C25H18N4O8S2. The molecule has 0 saturated heterocycles. The lowest BCUT2D eigenvalue weighted by Gasteiger charge is -2.07. The monoisotopic (exact) mass is 566 g/mol. The number of non-ortho nitro benzene ring substituents is 1. The summed E-state index contributed by atoms with van der Waals surface area (Å²) in [7, 11) is -9.06. The van der Waals surface area contributed by atoms with Gasteiger partial charge < -0.3 is 0 Å². The molecule has 5 aromatic rings. The highest BCUT2D eigenvalue weighted by Gasteiger charge is 2.18. The first-order valence-corrected chi connectivity index (χ1v) is 14.0. The van der Waals surface area contributed by atoms with Crippen molar-refractivity contribution in [2.24, 2.45) is 0 Å². The van der Waals surface area contributed by atoms with Crippen LogP contribution in [0.15, 0.2) is 76.5 Å². The average Bonchev–Trinajstić information content (AvgIpc) is 3.31. The summed E-state index contributed by atoms with van der Waals surface area (Å²) in [6.45, 7) is 1.68. The standard InChI is InChI=1S/C25H18N4O8S2/c1-15-12-20(29(30)31)8-4-16(15)2-3-17-5-7-19(14-24(17)39(35,36)37)28-26-23-11-6-18-13-21(38(32,33)34)9-10-22(18)25(23)27-28/h2-14H,1H3,(H,32,33,34)(H,35,36,37)/b3-2+. The van der Waals surface area contributed by atoms with Crippen molar-refractivity contribution >= 4 is 59.9 Å². The van der Waals surface area contributed by atoms with Crippen LogP contribution in [-0.4, -0.2) is 45.9 Å². The van der Waals surface area contributed by atoms with Gasteiger partial charge in [0.2, 0.25) is 0 Å². The number of rotatable bonds is 6. The van der Waals surface area contributed by atoms with Gasteiger partial charge in [-0.3, -0.25) is 19.2 Å². The van der Waals surface area contributed by atoms with Crippen molar-refractivity contribution in [1.29, 1.82) is 0 Å². The number of aryl methyl sites for hydroxylation is 1. The molecule has 0 atom stereocenters. The number of hydrogen-bond donors (Lipinski definition) is 2. The maximum Gasteiger partial charge on any atom is 0.295 e. The molecule has 0 radical (unpaired) electrons. The summed E-state index contributed by atoms with van der Waals surface area (Å²) in [6, 6.07) is 15.7. The van der Waals surface area contributed by atoms with Crippen LogP contribution in [0.3, 0.4) is 0 Å². The third kappa shape index (κ3) is 5.13. The second-order valence-corrected chi connectivity index (χ2v) is 11.4. The van der Waals surface area contributed by atoms with Gasteiger partial charge in [0.25, 0.3) is 25.9 Å². The van der Waals surface area contributed by atoms with Crippen molar-refractivity contribution in [3.63, 3.8) is 0 Å². The van der Waals surface area contributed by atoms with Gasteiger partial charge in [0.1, 0.15) is 15.9 Å². The van der Waals surface area contributed by atoms with E-state index in [0.717, 1.165) is 0 Å². The molecule has 0 unspecified atom stereocenters. The molecule has 198 valence electrons. The molecule has 0 aliphatic rings. The lowest BCUT2D eigenvalue weighted by Crippen LogP contribution is -2.05. The predicted octanol–water partition coefficient (Wildman–Crippen LogP) is 4.45. The van der Waals surface area contributed by atoms with E-state index in [1.54, 1.807) is 31.2 Å². The number of aromatic nitrogens is 3. The van der Waals surface area contributed by atoms with Crippen LogP contribution in [0.4, 0.5) is 5.69 Å². The summed E-state index contributed by atoms with van der Waals surface area (Å²) >= 11 is 0. The highest BCUT2D eigenvalue weighted by atomic mass is 32.2. The lowest BCUT2D eigenvalue weighted by molar-refractivity contribution is -0.384. The first kappa shape index (κ1) is 26.1. The van der Waals surface area contributed by atoms with Crippen LogP contribution in [0.2, 0.25) is 0 Å². The minimum absolute atomic E-state index is 0.0709. The number of benzene rings is 4. The molecule has 14 heteroatoms. The Kier molecular flexibility index (Phi) is 6.27. The topological polar surface area (TPSA) is 183 Å². The highest BCUT2D eigenvalue weighted by molar-refractivity contribution is 7.86. The van der Waals surface area contributed by atoms with E-state index in [-0.39, 0.29) is 21.8 Å². The second-order valence-electron chi connectivity index (χ2n) is 8.61. The molecule has 0 aliphatic heterocycles. The normalized spacial score (nSPS) is 12.5. The highest BCUT2D eigenvalue weighted by Crippen LogP contribution is 2.28. The molecule has 5 rings (SSSR count). The number of hydrogen-bond acceptors (Lipinski definition) is 8. The van der Waals surface area contributed by atoms with Gasteiger partial charge in [-0.1, -0.05) is 30.4 Å². The van der Waals surface area contributed by atoms with E-state index in [2.05, 4.69) is 10.2 Å². The number of fused-ring (bicyclic) bond motifs is 3. The van der Waals surface area contributed by atoms with Crippen LogP contribution in [0.1, 0.15) is 16.7 Å². The summed E-state index contributed by atoms with van der Waals surface area (Å²) in [6.07, 6.45) is 3.05. The molecule has 1 heterocycles. The van der Waals surface area contributed by atoms with E-state index in [1.165, 1.54) is 59.4 Å². The minimum atomic E-state index is -4.67. The molecule has 0 saturated carbocycles. The second kappa shape index (κ2) is 9.36. The lowest BCUT2D eigenvalue weighted by atomic mass is 10.1. The van der Waals surface area contributed by atoms with Gasteiger partial charge >= 0.3 is 0 Å². The van der Waals surface area contributed by atoms with Crippen LogP contribution in [0.25, 0.3) is 39.6 Å². The van der Waals surface area contributed by atoms with Gasteiger partial charge in [-0.2, -0.15) is 21.6 Å². The van der Waals surface area contributed by atoms with Crippen LogP contribution >= 0.6 is 0 Å². The van der Waals surface area contributed by atoms with Crippen molar-refractivity contribution in [3.8, 4) is 5.69 Å². The fraction of sp³-hybridized carbons (Fsp3) is 0.0400. The Hall–Kier alpha value is -4.50. The molecule has 4 aromatic carbocycles. The first-order valence-electron chi connectivity index (χ1n) is 11.1. The summed E-state index contributed by atoms with van der Waals surface area (Å²) in [4.78, 5) is 11.0. The molecule has 2 N–H and O–H groups in total.